The van der Waals surface area contributed by atoms with Crippen LogP contribution >= 0.6 is 0 Å². The Balaban J connectivity index is 1.78. The highest BCUT2D eigenvalue weighted by Gasteiger charge is 2.25. The topological polar surface area (TPSA) is 33.3 Å². The molecule has 2 N–H and O–H groups in total. The van der Waals surface area contributed by atoms with Crippen LogP contribution in [0, 0.1) is 5.92 Å². The van der Waals surface area contributed by atoms with E-state index >= 15 is 0 Å². The lowest BCUT2D eigenvalue weighted by atomic mass is 9.97. The van der Waals surface area contributed by atoms with Crippen molar-refractivity contribution in [2.45, 2.75) is 31.8 Å². The minimum Gasteiger partial charge on any atom is -0.381 e. The molecule has 2 fully saturated rings. The SMILES string of the molecule is CC1COCCC1N[C@@H]1CCNC1. The minimum atomic E-state index is 0.675. The predicted molar refractivity (Wildman–Crippen MR) is 52.8 cm³/mol. The summed E-state index contributed by atoms with van der Waals surface area (Å²) in [5, 5.41) is 7.11. The summed E-state index contributed by atoms with van der Waals surface area (Å²) in [5.41, 5.74) is 0. The summed E-state index contributed by atoms with van der Waals surface area (Å²) in [6.45, 7) is 6.46. The van der Waals surface area contributed by atoms with Gasteiger partial charge in [0.1, 0.15) is 0 Å². The van der Waals surface area contributed by atoms with E-state index in [1.165, 1.54) is 19.4 Å². The van der Waals surface area contributed by atoms with Crippen molar-refractivity contribution in [1.82, 2.24) is 10.6 Å². The normalized spacial score (nSPS) is 40.8. The van der Waals surface area contributed by atoms with Gasteiger partial charge in [-0.15, -0.1) is 0 Å². The average Bonchev–Trinajstić information content (AvgIpc) is 2.61. The Morgan fingerprint density at radius 2 is 2.31 bits per heavy atom. The quantitative estimate of drug-likeness (QED) is 0.650. The van der Waals surface area contributed by atoms with Crippen molar-refractivity contribution in [3.8, 4) is 0 Å². The van der Waals surface area contributed by atoms with E-state index < -0.39 is 0 Å². The molecule has 0 aliphatic carbocycles. The molecule has 3 heteroatoms. The molecule has 2 saturated heterocycles. The molecule has 2 heterocycles. The van der Waals surface area contributed by atoms with Crippen LogP contribution in [0.2, 0.25) is 0 Å². The Morgan fingerprint density at radius 1 is 1.38 bits per heavy atom. The van der Waals surface area contributed by atoms with Gasteiger partial charge in [-0.1, -0.05) is 6.92 Å². The number of hydrogen-bond donors (Lipinski definition) is 2. The Kier molecular flexibility index (Phi) is 3.19. The second-order valence-corrected chi connectivity index (χ2v) is 4.30. The van der Waals surface area contributed by atoms with Crippen LogP contribution in [0.4, 0.5) is 0 Å². The number of hydrogen-bond acceptors (Lipinski definition) is 3. The summed E-state index contributed by atoms with van der Waals surface area (Å²) in [6, 6.07) is 1.38. The van der Waals surface area contributed by atoms with Crippen molar-refractivity contribution < 1.29 is 4.74 Å². The van der Waals surface area contributed by atoms with E-state index in [1.807, 2.05) is 0 Å². The van der Waals surface area contributed by atoms with E-state index in [9.17, 15) is 0 Å². The van der Waals surface area contributed by atoms with Crippen LogP contribution < -0.4 is 10.6 Å². The predicted octanol–water partition coefficient (Wildman–Crippen LogP) is 0.363. The van der Waals surface area contributed by atoms with Crippen LogP contribution in [0.15, 0.2) is 0 Å². The highest BCUT2D eigenvalue weighted by molar-refractivity contribution is 4.84. The summed E-state index contributed by atoms with van der Waals surface area (Å²) < 4.78 is 5.42. The summed E-state index contributed by atoms with van der Waals surface area (Å²) >= 11 is 0. The molecule has 2 unspecified atom stereocenters. The number of ether oxygens (including phenoxy) is 1. The van der Waals surface area contributed by atoms with Crippen molar-refractivity contribution in [1.29, 1.82) is 0 Å². The summed E-state index contributed by atoms with van der Waals surface area (Å²) in [5.74, 6) is 0.675. The lowest BCUT2D eigenvalue weighted by Gasteiger charge is -2.31. The highest BCUT2D eigenvalue weighted by Crippen LogP contribution is 2.15. The van der Waals surface area contributed by atoms with Crippen LogP contribution in [0.5, 0.6) is 0 Å². The van der Waals surface area contributed by atoms with Crippen molar-refractivity contribution in [2.24, 2.45) is 5.92 Å². The molecule has 3 nitrogen and oxygen atoms in total. The van der Waals surface area contributed by atoms with Crippen LogP contribution in [0.1, 0.15) is 19.8 Å². The molecular formula is C10H20N2O. The van der Waals surface area contributed by atoms with Crippen molar-refractivity contribution >= 4 is 0 Å². The number of nitrogens with one attached hydrogen (secondary N) is 2. The number of rotatable bonds is 2. The molecule has 0 aromatic carbocycles. The molecule has 0 amide bonds. The highest BCUT2D eigenvalue weighted by atomic mass is 16.5. The molecule has 0 aromatic heterocycles. The largest absolute Gasteiger partial charge is 0.381 e. The van der Waals surface area contributed by atoms with E-state index in [2.05, 4.69) is 17.6 Å². The fraction of sp³-hybridized carbons (Fsp3) is 1.00. The molecule has 0 radical (unpaired) electrons. The van der Waals surface area contributed by atoms with Crippen LogP contribution in [0.25, 0.3) is 0 Å². The second-order valence-electron chi connectivity index (χ2n) is 4.30. The third-order valence-corrected chi connectivity index (χ3v) is 3.15. The van der Waals surface area contributed by atoms with E-state index in [0.29, 0.717) is 18.0 Å². The summed E-state index contributed by atoms with van der Waals surface area (Å²) in [4.78, 5) is 0. The molecule has 2 aliphatic rings. The standard InChI is InChI=1S/C10H20N2O/c1-8-7-13-5-3-10(8)12-9-2-4-11-6-9/h8-12H,2-7H2,1H3/t8?,9-,10?/m1/s1. The Labute approximate surface area is 80.2 Å². The molecule has 2 aliphatic heterocycles. The fourth-order valence-electron chi connectivity index (χ4n) is 2.23. The maximum atomic E-state index is 5.42. The first-order valence-corrected chi connectivity index (χ1v) is 5.41. The Hall–Kier alpha value is -0.120. The molecule has 76 valence electrons. The van der Waals surface area contributed by atoms with Gasteiger partial charge in [0.05, 0.1) is 6.61 Å². The molecule has 0 aromatic rings. The van der Waals surface area contributed by atoms with E-state index in [0.717, 1.165) is 19.8 Å². The van der Waals surface area contributed by atoms with Crippen LogP contribution in [0.3, 0.4) is 0 Å². The van der Waals surface area contributed by atoms with Gasteiger partial charge in [0.2, 0.25) is 0 Å². The Morgan fingerprint density at radius 3 is 3.00 bits per heavy atom. The van der Waals surface area contributed by atoms with Gasteiger partial charge < -0.3 is 15.4 Å². The zero-order valence-corrected chi connectivity index (χ0v) is 8.38. The lowest BCUT2D eigenvalue weighted by molar-refractivity contribution is 0.0364. The van der Waals surface area contributed by atoms with Gasteiger partial charge in [-0.2, -0.15) is 0 Å². The maximum absolute atomic E-state index is 5.42. The van der Waals surface area contributed by atoms with E-state index in [-0.39, 0.29) is 0 Å². The van der Waals surface area contributed by atoms with Gasteiger partial charge in [-0.05, 0) is 25.3 Å². The minimum absolute atomic E-state index is 0.675. The van der Waals surface area contributed by atoms with Crippen LogP contribution in [-0.2, 0) is 4.74 Å². The monoisotopic (exact) mass is 184 g/mol. The zero-order chi connectivity index (χ0) is 9.10. The molecule has 0 spiro atoms. The van der Waals surface area contributed by atoms with Crippen molar-refractivity contribution in [2.75, 3.05) is 26.3 Å². The molecule has 0 saturated carbocycles. The van der Waals surface area contributed by atoms with Crippen molar-refractivity contribution in [3.05, 3.63) is 0 Å². The molecule has 13 heavy (non-hydrogen) atoms. The van der Waals surface area contributed by atoms with Gasteiger partial charge in [0.15, 0.2) is 0 Å². The second kappa shape index (κ2) is 4.40. The summed E-state index contributed by atoms with van der Waals surface area (Å²) in [6.07, 6.45) is 2.46. The molecular weight excluding hydrogens is 164 g/mol. The first kappa shape index (κ1) is 9.44. The third-order valence-electron chi connectivity index (χ3n) is 3.15. The van der Waals surface area contributed by atoms with Crippen molar-refractivity contribution in [3.63, 3.8) is 0 Å². The zero-order valence-electron chi connectivity index (χ0n) is 8.38. The van der Waals surface area contributed by atoms with Gasteiger partial charge in [-0.3, -0.25) is 0 Å². The van der Waals surface area contributed by atoms with Gasteiger partial charge in [-0.25, -0.2) is 0 Å². The van der Waals surface area contributed by atoms with Gasteiger partial charge in [0, 0.05) is 25.2 Å². The first-order valence-electron chi connectivity index (χ1n) is 5.41. The van der Waals surface area contributed by atoms with E-state index in [1.54, 1.807) is 0 Å². The molecule has 3 atom stereocenters. The molecule has 0 bridgehead atoms. The van der Waals surface area contributed by atoms with Crippen LogP contribution in [-0.4, -0.2) is 38.4 Å². The lowest BCUT2D eigenvalue weighted by Crippen LogP contribution is -2.47. The van der Waals surface area contributed by atoms with Gasteiger partial charge in [0.25, 0.3) is 0 Å². The first-order chi connectivity index (χ1) is 6.36. The smallest absolute Gasteiger partial charge is 0.0506 e. The summed E-state index contributed by atoms with van der Waals surface area (Å²) in [7, 11) is 0. The average molecular weight is 184 g/mol. The fourth-order valence-corrected chi connectivity index (χ4v) is 2.23. The Bertz CT molecular complexity index is 157. The van der Waals surface area contributed by atoms with E-state index in [4.69, 9.17) is 4.74 Å². The van der Waals surface area contributed by atoms with Gasteiger partial charge >= 0.3 is 0 Å². The third kappa shape index (κ3) is 2.42. The molecule has 2 rings (SSSR count). The maximum Gasteiger partial charge on any atom is 0.0506 e.